The normalized spacial score (nSPS) is 26.9. The van der Waals surface area contributed by atoms with Gasteiger partial charge in [0.05, 0.1) is 0 Å². The first-order valence-electron chi connectivity index (χ1n) is 9.93. The van der Waals surface area contributed by atoms with Crippen LogP contribution in [0.1, 0.15) is 44.1 Å². The Hall–Kier alpha value is -1.31. The lowest BCUT2D eigenvalue weighted by Crippen LogP contribution is -2.54. The largest absolute Gasteiger partial charge is 0.355 e. The van der Waals surface area contributed by atoms with Crippen LogP contribution in [0.25, 0.3) is 0 Å². The molecule has 1 aromatic rings. The molecule has 1 aliphatic carbocycles. The highest BCUT2D eigenvalue weighted by Crippen LogP contribution is 2.43. The number of amides is 1. The lowest BCUT2D eigenvalue weighted by molar-refractivity contribution is -0.119. The number of likely N-dealkylation sites (tertiary alicyclic amines) is 1. The first kappa shape index (κ1) is 20.4. The minimum atomic E-state index is 0. The van der Waals surface area contributed by atoms with Crippen molar-refractivity contribution in [2.24, 2.45) is 10.4 Å². The molecule has 0 radical (unpaired) electrons. The van der Waals surface area contributed by atoms with Gasteiger partial charge in [-0.2, -0.15) is 0 Å². The van der Waals surface area contributed by atoms with Crippen LogP contribution in [0.5, 0.6) is 0 Å². The number of carbonyl (C=O) groups is 1. The van der Waals surface area contributed by atoms with Crippen molar-refractivity contribution in [2.45, 2.75) is 43.9 Å². The summed E-state index contributed by atoms with van der Waals surface area (Å²) in [6.45, 7) is 3.69. The Bertz CT molecular complexity index is 689. The van der Waals surface area contributed by atoms with Crippen molar-refractivity contribution >= 4 is 35.8 Å². The summed E-state index contributed by atoms with van der Waals surface area (Å²) in [6.07, 6.45) is 6.70. The third-order valence-corrected chi connectivity index (χ3v) is 6.65. The Morgan fingerprint density at radius 1 is 1.22 bits per heavy atom. The number of benzene rings is 1. The second-order valence-electron chi connectivity index (χ2n) is 8.38. The Morgan fingerprint density at radius 2 is 2.00 bits per heavy atom. The molecule has 0 aromatic heterocycles. The number of halogens is 1. The fourth-order valence-corrected chi connectivity index (χ4v) is 4.97. The molecule has 3 aliphatic rings. The standard InChI is InChI=1S/C21H30N4O.HI/c1-22-19(25-12-6-9-20(16-25)13-18(26)23-14-20)24-15-21(10-5-11-21)17-7-3-2-4-8-17;/h2-4,7-8H,5-6,9-16H2,1H3,(H,22,24)(H,23,26);1H. The van der Waals surface area contributed by atoms with Crippen LogP contribution >= 0.6 is 24.0 Å². The van der Waals surface area contributed by atoms with Gasteiger partial charge in [-0.15, -0.1) is 24.0 Å². The van der Waals surface area contributed by atoms with Crippen molar-refractivity contribution in [3.05, 3.63) is 35.9 Å². The van der Waals surface area contributed by atoms with E-state index in [0.717, 1.165) is 45.0 Å². The molecule has 2 saturated heterocycles. The molecule has 6 heteroatoms. The van der Waals surface area contributed by atoms with Gasteiger partial charge >= 0.3 is 0 Å². The van der Waals surface area contributed by atoms with Gasteiger partial charge in [-0.1, -0.05) is 36.8 Å². The number of rotatable bonds is 3. The SMILES string of the molecule is CN=C(NCC1(c2ccccc2)CCC1)N1CCCC2(CNC(=O)C2)C1.I. The lowest BCUT2D eigenvalue weighted by atomic mass is 9.64. The molecule has 1 amide bonds. The van der Waals surface area contributed by atoms with Gasteiger partial charge in [0.25, 0.3) is 0 Å². The summed E-state index contributed by atoms with van der Waals surface area (Å²) in [5.74, 6) is 1.19. The van der Waals surface area contributed by atoms with E-state index in [1.165, 1.54) is 24.8 Å². The number of hydrogen-bond donors (Lipinski definition) is 2. The summed E-state index contributed by atoms with van der Waals surface area (Å²) in [4.78, 5) is 18.7. The second-order valence-corrected chi connectivity index (χ2v) is 8.38. The summed E-state index contributed by atoms with van der Waals surface area (Å²) in [5.41, 5.74) is 1.78. The van der Waals surface area contributed by atoms with Gasteiger partial charge in [-0.05, 0) is 31.2 Å². The fraction of sp³-hybridized carbons (Fsp3) is 0.619. The van der Waals surface area contributed by atoms with E-state index in [2.05, 4.69) is 50.9 Å². The number of nitrogens with zero attached hydrogens (tertiary/aromatic N) is 2. The number of aliphatic imine (C=N–C) groups is 1. The molecule has 1 atom stereocenters. The molecule has 2 heterocycles. The lowest BCUT2D eigenvalue weighted by Gasteiger charge is -2.45. The Balaban J connectivity index is 0.00000210. The highest BCUT2D eigenvalue weighted by atomic mass is 127. The average Bonchev–Trinajstić information content (AvgIpc) is 2.98. The van der Waals surface area contributed by atoms with Gasteiger partial charge in [0.2, 0.25) is 5.91 Å². The van der Waals surface area contributed by atoms with Crippen molar-refractivity contribution < 1.29 is 4.79 Å². The first-order chi connectivity index (χ1) is 12.6. The third-order valence-electron chi connectivity index (χ3n) is 6.65. The van der Waals surface area contributed by atoms with Crippen LogP contribution < -0.4 is 10.6 Å². The number of piperidine rings is 1. The minimum Gasteiger partial charge on any atom is -0.355 e. The molecule has 5 nitrogen and oxygen atoms in total. The van der Waals surface area contributed by atoms with Gasteiger partial charge in [-0.3, -0.25) is 9.79 Å². The summed E-state index contributed by atoms with van der Waals surface area (Å²) < 4.78 is 0. The van der Waals surface area contributed by atoms with Gasteiger partial charge < -0.3 is 15.5 Å². The zero-order valence-corrected chi connectivity index (χ0v) is 18.5. The van der Waals surface area contributed by atoms with Crippen molar-refractivity contribution in [3.63, 3.8) is 0 Å². The molecule has 2 aliphatic heterocycles. The number of nitrogens with one attached hydrogen (secondary N) is 2. The van der Waals surface area contributed by atoms with Crippen LogP contribution in [-0.4, -0.2) is 50.0 Å². The van der Waals surface area contributed by atoms with Crippen molar-refractivity contribution in [2.75, 3.05) is 33.2 Å². The minimum absolute atomic E-state index is 0. The highest BCUT2D eigenvalue weighted by molar-refractivity contribution is 14.0. The van der Waals surface area contributed by atoms with Crippen LogP contribution in [0.4, 0.5) is 0 Å². The van der Waals surface area contributed by atoms with Gasteiger partial charge in [-0.25, -0.2) is 0 Å². The van der Waals surface area contributed by atoms with E-state index in [1.807, 2.05) is 7.05 Å². The number of hydrogen-bond acceptors (Lipinski definition) is 2. The zero-order chi connectivity index (χ0) is 18.0. The summed E-state index contributed by atoms with van der Waals surface area (Å²) in [6, 6.07) is 10.9. The molecule has 1 saturated carbocycles. The van der Waals surface area contributed by atoms with Gasteiger partial charge in [0, 0.05) is 50.5 Å². The maximum atomic E-state index is 11.7. The molecule has 4 rings (SSSR count). The molecule has 27 heavy (non-hydrogen) atoms. The molecular weight excluding hydrogens is 451 g/mol. The maximum absolute atomic E-state index is 11.7. The van der Waals surface area contributed by atoms with Crippen molar-refractivity contribution in [1.82, 2.24) is 15.5 Å². The fourth-order valence-electron chi connectivity index (χ4n) is 4.97. The Kier molecular flexibility index (Phi) is 6.33. The van der Waals surface area contributed by atoms with E-state index < -0.39 is 0 Å². The van der Waals surface area contributed by atoms with E-state index in [9.17, 15) is 4.79 Å². The quantitative estimate of drug-likeness (QED) is 0.396. The molecule has 1 spiro atoms. The average molecular weight is 482 g/mol. The van der Waals surface area contributed by atoms with E-state index in [0.29, 0.717) is 6.42 Å². The topological polar surface area (TPSA) is 56.7 Å². The van der Waals surface area contributed by atoms with Crippen molar-refractivity contribution in [1.29, 1.82) is 0 Å². The summed E-state index contributed by atoms with van der Waals surface area (Å²) in [7, 11) is 1.87. The molecular formula is C21H31IN4O. The summed E-state index contributed by atoms with van der Waals surface area (Å²) >= 11 is 0. The maximum Gasteiger partial charge on any atom is 0.220 e. The van der Waals surface area contributed by atoms with E-state index in [4.69, 9.17) is 0 Å². The molecule has 1 unspecified atom stereocenters. The van der Waals surface area contributed by atoms with Crippen LogP contribution in [0.3, 0.4) is 0 Å². The predicted octanol–water partition coefficient (Wildman–Crippen LogP) is 2.90. The van der Waals surface area contributed by atoms with Crippen LogP contribution in [0.2, 0.25) is 0 Å². The monoisotopic (exact) mass is 482 g/mol. The smallest absolute Gasteiger partial charge is 0.220 e. The third kappa shape index (κ3) is 4.10. The molecule has 1 aromatic carbocycles. The van der Waals surface area contributed by atoms with Gasteiger partial charge in [0.15, 0.2) is 5.96 Å². The van der Waals surface area contributed by atoms with Crippen molar-refractivity contribution in [3.8, 4) is 0 Å². The molecule has 0 bridgehead atoms. The van der Waals surface area contributed by atoms with Crippen LogP contribution in [0.15, 0.2) is 35.3 Å². The van der Waals surface area contributed by atoms with E-state index in [-0.39, 0.29) is 40.7 Å². The first-order valence-corrected chi connectivity index (χ1v) is 9.93. The van der Waals surface area contributed by atoms with E-state index in [1.54, 1.807) is 0 Å². The van der Waals surface area contributed by atoms with Gasteiger partial charge in [0.1, 0.15) is 0 Å². The Morgan fingerprint density at radius 3 is 2.59 bits per heavy atom. The number of carbonyl (C=O) groups excluding carboxylic acids is 1. The molecule has 2 N–H and O–H groups in total. The van der Waals surface area contributed by atoms with E-state index >= 15 is 0 Å². The highest BCUT2D eigenvalue weighted by Gasteiger charge is 2.43. The predicted molar refractivity (Wildman–Crippen MR) is 120 cm³/mol. The van der Waals surface area contributed by atoms with Crippen LogP contribution in [-0.2, 0) is 10.2 Å². The summed E-state index contributed by atoms with van der Waals surface area (Å²) in [5, 5.41) is 6.70. The molecule has 148 valence electrons. The Labute approximate surface area is 179 Å². The number of guanidine groups is 1. The van der Waals surface area contributed by atoms with Crippen LogP contribution in [0, 0.1) is 5.41 Å². The zero-order valence-electron chi connectivity index (χ0n) is 16.2. The second kappa shape index (κ2) is 8.37. The molecule has 3 fully saturated rings.